The molecular weight excluding hydrogens is 278 g/mol. The average molecular weight is 293 g/mol. The second-order valence-electron chi connectivity index (χ2n) is 5.14. The second-order valence-corrected chi connectivity index (χ2v) is 5.53. The molecule has 0 aliphatic carbocycles. The number of fused-ring (bicyclic) bond motifs is 1. The van der Waals surface area contributed by atoms with Crippen LogP contribution in [0.2, 0.25) is 0 Å². The molecular formula is C17H15N3S. The zero-order valence-electron chi connectivity index (χ0n) is 11.9. The van der Waals surface area contributed by atoms with E-state index >= 15 is 0 Å². The third-order valence-electron chi connectivity index (χ3n) is 3.90. The van der Waals surface area contributed by atoms with Crippen molar-refractivity contribution >= 4 is 23.3 Å². The van der Waals surface area contributed by atoms with Gasteiger partial charge in [0.2, 0.25) is 0 Å². The Morgan fingerprint density at radius 1 is 1.19 bits per heavy atom. The molecule has 0 aliphatic rings. The molecule has 0 radical (unpaired) electrons. The van der Waals surface area contributed by atoms with Crippen LogP contribution in [0.1, 0.15) is 29.7 Å². The number of rotatable bonds is 2. The molecule has 1 N–H and O–H groups in total. The largest absolute Gasteiger partial charge is 0.329 e. The molecule has 0 spiro atoms. The molecule has 104 valence electrons. The number of nitrogens with one attached hydrogen (secondary N) is 1. The van der Waals surface area contributed by atoms with Crippen LogP contribution < -0.4 is 0 Å². The van der Waals surface area contributed by atoms with E-state index in [0.717, 1.165) is 11.0 Å². The zero-order valence-corrected chi connectivity index (χ0v) is 12.7. The Kier molecular flexibility index (Phi) is 3.36. The third kappa shape index (κ3) is 2.16. The number of hydrogen-bond donors (Lipinski definition) is 1. The van der Waals surface area contributed by atoms with Crippen LogP contribution in [0.3, 0.4) is 0 Å². The first-order valence-corrected chi connectivity index (χ1v) is 7.23. The van der Waals surface area contributed by atoms with Crippen LogP contribution in [0.15, 0.2) is 42.5 Å². The van der Waals surface area contributed by atoms with Crippen LogP contribution in [0.5, 0.6) is 0 Å². The molecule has 1 heterocycles. The van der Waals surface area contributed by atoms with Crippen molar-refractivity contribution in [3.05, 3.63) is 63.9 Å². The molecule has 3 aromatic rings. The molecule has 21 heavy (non-hydrogen) atoms. The van der Waals surface area contributed by atoms with Crippen molar-refractivity contribution in [3.8, 4) is 6.07 Å². The molecule has 1 atom stereocenters. The van der Waals surface area contributed by atoms with E-state index in [2.05, 4.69) is 41.6 Å². The molecule has 1 unspecified atom stereocenters. The number of H-pyrrole nitrogens is 1. The molecule has 0 amide bonds. The summed E-state index contributed by atoms with van der Waals surface area (Å²) in [6.07, 6.45) is 0. The van der Waals surface area contributed by atoms with Gasteiger partial charge in [-0.2, -0.15) is 5.26 Å². The molecule has 0 bridgehead atoms. The molecule has 0 saturated heterocycles. The minimum atomic E-state index is 0.112. The van der Waals surface area contributed by atoms with E-state index in [-0.39, 0.29) is 6.04 Å². The first-order chi connectivity index (χ1) is 10.1. The lowest BCUT2D eigenvalue weighted by atomic mass is 10.0. The van der Waals surface area contributed by atoms with Crippen molar-refractivity contribution in [2.24, 2.45) is 0 Å². The van der Waals surface area contributed by atoms with Crippen molar-refractivity contribution < 1.29 is 0 Å². The summed E-state index contributed by atoms with van der Waals surface area (Å²) in [7, 11) is 0. The Morgan fingerprint density at radius 3 is 2.67 bits per heavy atom. The molecule has 0 aliphatic heterocycles. The van der Waals surface area contributed by atoms with E-state index in [1.54, 1.807) is 6.07 Å². The van der Waals surface area contributed by atoms with Crippen molar-refractivity contribution in [2.75, 3.05) is 0 Å². The van der Waals surface area contributed by atoms with E-state index in [4.69, 9.17) is 12.2 Å². The number of aromatic amines is 1. The van der Waals surface area contributed by atoms with E-state index in [0.29, 0.717) is 10.3 Å². The molecule has 0 fully saturated rings. The van der Waals surface area contributed by atoms with Crippen LogP contribution in [0.25, 0.3) is 11.0 Å². The quantitative estimate of drug-likeness (QED) is 0.708. The maximum Gasteiger partial charge on any atom is 0.178 e. The lowest BCUT2D eigenvalue weighted by molar-refractivity contribution is 0.645. The number of nitriles is 1. The fourth-order valence-electron chi connectivity index (χ4n) is 2.82. The van der Waals surface area contributed by atoms with Crippen LogP contribution in [-0.2, 0) is 0 Å². The minimum absolute atomic E-state index is 0.112. The zero-order chi connectivity index (χ0) is 15.0. The monoisotopic (exact) mass is 293 g/mol. The minimum Gasteiger partial charge on any atom is -0.329 e. The lowest BCUT2D eigenvalue weighted by Gasteiger charge is -2.17. The molecule has 0 saturated carbocycles. The Balaban J connectivity index is 2.27. The number of aryl methyl sites for hydroxylation is 1. The van der Waals surface area contributed by atoms with Gasteiger partial charge >= 0.3 is 0 Å². The fourth-order valence-corrected chi connectivity index (χ4v) is 3.18. The summed E-state index contributed by atoms with van der Waals surface area (Å²) in [6.45, 7) is 4.23. The average Bonchev–Trinajstić information content (AvgIpc) is 2.82. The van der Waals surface area contributed by atoms with Gasteiger partial charge in [-0.3, -0.25) is 0 Å². The predicted molar refractivity (Wildman–Crippen MR) is 86.8 cm³/mol. The Hall–Kier alpha value is -2.38. The van der Waals surface area contributed by atoms with Gasteiger partial charge in [0, 0.05) is 0 Å². The summed E-state index contributed by atoms with van der Waals surface area (Å²) in [6, 6.07) is 16.3. The maximum atomic E-state index is 9.22. The summed E-state index contributed by atoms with van der Waals surface area (Å²) >= 11 is 5.48. The van der Waals surface area contributed by atoms with Gasteiger partial charge in [0.1, 0.15) is 6.07 Å². The van der Waals surface area contributed by atoms with Crippen LogP contribution >= 0.6 is 12.2 Å². The van der Waals surface area contributed by atoms with Gasteiger partial charge in [0.05, 0.1) is 22.6 Å². The standard InChI is InChI=1S/C17H15N3S/c1-11-6-3-4-8-14(11)12(2)20-15-9-5-7-13(10-18)16(15)19-17(20)21/h3-9,12H,1-2H3,(H,19,21). The number of hydrogen-bond acceptors (Lipinski definition) is 2. The molecule has 4 heteroatoms. The number of para-hydroxylation sites is 1. The van der Waals surface area contributed by atoms with Gasteiger partial charge < -0.3 is 9.55 Å². The van der Waals surface area contributed by atoms with Crippen molar-refractivity contribution in [3.63, 3.8) is 0 Å². The summed E-state index contributed by atoms with van der Waals surface area (Å²) in [5.41, 5.74) is 4.86. The number of benzene rings is 2. The van der Waals surface area contributed by atoms with E-state index < -0.39 is 0 Å². The van der Waals surface area contributed by atoms with Crippen molar-refractivity contribution in [1.29, 1.82) is 5.26 Å². The first kappa shape index (κ1) is 13.6. The SMILES string of the molecule is Cc1ccccc1C(C)n1c(=S)[nH]c2c(C#N)cccc21. The molecule has 3 rings (SSSR count). The Morgan fingerprint density at radius 2 is 1.95 bits per heavy atom. The van der Waals surface area contributed by atoms with Crippen molar-refractivity contribution in [1.82, 2.24) is 9.55 Å². The third-order valence-corrected chi connectivity index (χ3v) is 4.20. The second kappa shape index (κ2) is 5.19. The molecule has 1 aromatic heterocycles. The Bertz CT molecular complexity index is 912. The summed E-state index contributed by atoms with van der Waals surface area (Å²) in [5.74, 6) is 0. The van der Waals surface area contributed by atoms with Gasteiger partial charge in [-0.05, 0) is 49.3 Å². The van der Waals surface area contributed by atoms with Crippen molar-refractivity contribution in [2.45, 2.75) is 19.9 Å². The Labute approximate surface area is 128 Å². The summed E-state index contributed by atoms with van der Waals surface area (Å²) in [4.78, 5) is 3.17. The van der Waals surface area contributed by atoms with Crippen LogP contribution in [0.4, 0.5) is 0 Å². The highest BCUT2D eigenvalue weighted by Crippen LogP contribution is 2.27. The van der Waals surface area contributed by atoms with Gasteiger partial charge in [-0.1, -0.05) is 30.3 Å². The van der Waals surface area contributed by atoms with Crippen LogP contribution in [0, 0.1) is 23.0 Å². The number of nitrogens with zero attached hydrogens (tertiary/aromatic N) is 2. The predicted octanol–water partition coefficient (Wildman–Crippen LogP) is 4.49. The first-order valence-electron chi connectivity index (χ1n) is 6.82. The number of aromatic nitrogens is 2. The number of imidazole rings is 1. The summed E-state index contributed by atoms with van der Waals surface area (Å²) in [5, 5.41) is 9.22. The van der Waals surface area contributed by atoms with E-state index in [1.165, 1.54) is 11.1 Å². The maximum absolute atomic E-state index is 9.22. The normalized spacial score (nSPS) is 12.2. The van der Waals surface area contributed by atoms with Gasteiger partial charge in [0.25, 0.3) is 0 Å². The lowest BCUT2D eigenvalue weighted by Crippen LogP contribution is -2.08. The van der Waals surface area contributed by atoms with Gasteiger partial charge in [-0.25, -0.2) is 0 Å². The molecule has 2 aromatic carbocycles. The van der Waals surface area contributed by atoms with Gasteiger partial charge in [-0.15, -0.1) is 0 Å². The molecule has 3 nitrogen and oxygen atoms in total. The van der Waals surface area contributed by atoms with Gasteiger partial charge in [0.15, 0.2) is 4.77 Å². The smallest absolute Gasteiger partial charge is 0.178 e. The van der Waals surface area contributed by atoms with E-state index in [1.807, 2.05) is 24.3 Å². The van der Waals surface area contributed by atoms with Crippen LogP contribution in [-0.4, -0.2) is 9.55 Å². The topological polar surface area (TPSA) is 44.5 Å². The fraction of sp³-hybridized carbons (Fsp3) is 0.176. The highest BCUT2D eigenvalue weighted by atomic mass is 32.1. The summed E-state index contributed by atoms with van der Waals surface area (Å²) < 4.78 is 2.72. The van der Waals surface area contributed by atoms with E-state index in [9.17, 15) is 5.26 Å². The highest BCUT2D eigenvalue weighted by molar-refractivity contribution is 7.71. The highest BCUT2D eigenvalue weighted by Gasteiger charge is 2.15.